The van der Waals surface area contributed by atoms with Crippen LogP contribution in [0.3, 0.4) is 0 Å². The summed E-state index contributed by atoms with van der Waals surface area (Å²) in [4.78, 5) is 27.8. The number of anilines is 1. The summed E-state index contributed by atoms with van der Waals surface area (Å²) in [6, 6.07) is 20.7. The van der Waals surface area contributed by atoms with E-state index in [-0.39, 0.29) is 24.0 Å². The fraction of sp³-hybridized carbons (Fsp3) is 0.0667. The van der Waals surface area contributed by atoms with E-state index in [0.29, 0.717) is 42.9 Å². The Balaban J connectivity index is 1.34. The standard InChI is InChI=1S/C30H23Cl2N5O6S2/c31-21-5-3-19(4-6-21)16-34-36-30-37(17-24-2-1-13-42-24)29(39)27(44-30)15-20-14-22(32)7-12-26(20)43-18-28(38)35-23-8-10-25(11-9-23)45(33,40)41/h1-16H,17-18H2,(H,35,38)(H2,33,40,41)/b27-15-,34-16+,36-30-. The number of amidine groups is 1. The van der Waals surface area contributed by atoms with Crippen molar-refractivity contribution in [3.63, 3.8) is 0 Å². The van der Waals surface area contributed by atoms with Crippen LogP contribution in [0.25, 0.3) is 6.08 Å². The first-order chi connectivity index (χ1) is 21.5. The molecule has 0 atom stereocenters. The second-order valence-corrected chi connectivity index (χ2v) is 12.8. The average molecular weight is 685 g/mol. The molecule has 11 nitrogen and oxygen atoms in total. The summed E-state index contributed by atoms with van der Waals surface area (Å²) in [5.41, 5.74) is 1.58. The molecule has 3 aromatic carbocycles. The van der Waals surface area contributed by atoms with Crippen LogP contribution in [0.2, 0.25) is 10.0 Å². The molecule has 5 rings (SSSR count). The van der Waals surface area contributed by atoms with Crippen LogP contribution in [0.1, 0.15) is 16.9 Å². The zero-order valence-electron chi connectivity index (χ0n) is 23.1. The summed E-state index contributed by atoms with van der Waals surface area (Å²) in [6.45, 7) is -0.255. The number of halogens is 2. The third-order valence-electron chi connectivity index (χ3n) is 6.09. The minimum Gasteiger partial charge on any atom is -0.483 e. The predicted octanol–water partition coefficient (Wildman–Crippen LogP) is 5.76. The molecule has 230 valence electrons. The number of carbonyl (C=O) groups is 2. The molecule has 0 bridgehead atoms. The number of benzene rings is 3. The number of carbonyl (C=O) groups excluding carboxylic acids is 2. The van der Waals surface area contributed by atoms with Crippen LogP contribution in [0.15, 0.2) is 110 Å². The maximum Gasteiger partial charge on any atom is 0.267 e. The molecule has 2 heterocycles. The van der Waals surface area contributed by atoms with Crippen molar-refractivity contribution in [2.24, 2.45) is 15.3 Å². The van der Waals surface area contributed by atoms with Crippen molar-refractivity contribution in [3.05, 3.63) is 117 Å². The van der Waals surface area contributed by atoms with Crippen LogP contribution in [0.4, 0.5) is 5.69 Å². The van der Waals surface area contributed by atoms with Crippen molar-refractivity contribution in [1.29, 1.82) is 0 Å². The van der Waals surface area contributed by atoms with Crippen molar-refractivity contribution in [2.75, 3.05) is 11.9 Å². The number of nitrogens with zero attached hydrogens (tertiary/aromatic N) is 3. The molecule has 1 aliphatic rings. The van der Waals surface area contributed by atoms with E-state index in [1.807, 2.05) is 0 Å². The number of sulfonamides is 1. The lowest BCUT2D eigenvalue weighted by Crippen LogP contribution is -2.28. The van der Waals surface area contributed by atoms with Gasteiger partial charge in [-0.3, -0.25) is 14.5 Å². The molecular weight excluding hydrogens is 661 g/mol. The van der Waals surface area contributed by atoms with Crippen molar-refractivity contribution >= 4 is 79.9 Å². The highest BCUT2D eigenvalue weighted by Gasteiger charge is 2.34. The summed E-state index contributed by atoms with van der Waals surface area (Å²) in [5, 5.41) is 17.5. The SMILES string of the molecule is NS(=O)(=O)c1ccc(NC(=O)COc2ccc(Cl)cc2/C=C2\S/C(=N\N=C\c3ccc(Cl)cc3)N(Cc3ccco3)C2=O)cc1. The van der Waals surface area contributed by atoms with Crippen LogP contribution in [0.5, 0.6) is 5.75 Å². The second-order valence-electron chi connectivity index (χ2n) is 9.35. The molecule has 4 aromatic rings. The highest BCUT2D eigenvalue weighted by atomic mass is 35.5. The third kappa shape index (κ3) is 8.62. The number of primary sulfonamides is 1. The number of furan rings is 1. The molecule has 1 aliphatic heterocycles. The van der Waals surface area contributed by atoms with Gasteiger partial charge in [-0.2, -0.15) is 5.10 Å². The number of thioether (sulfide) groups is 1. The smallest absolute Gasteiger partial charge is 0.267 e. The van der Waals surface area contributed by atoms with Gasteiger partial charge >= 0.3 is 0 Å². The van der Waals surface area contributed by atoms with Gasteiger partial charge in [0.1, 0.15) is 11.5 Å². The largest absolute Gasteiger partial charge is 0.483 e. The highest BCUT2D eigenvalue weighted by molar-refractivity contribution is 8.18. The third-order valence-corrected chi connectivity index (χ3v) is 8.50. The van der Waals surface area contributed by atoms with Gasteiger partial charge in [-0.15, -0.1) is 5.10 Å². The number of nitrogens with one attached hydrogen (secondary N) is 1. The first-order valence-corrected chi connectivity index (χ1v) is 16.1. The molecule has 0 unspecified atom stereocenters. The van der Waals surface area contributed by atoms with Gasteiger partial charge in [0.2, 0.25) is 10.0 Å². The van der Waals surface area contributed by atoms with E-state index in [9.17, 15) is 18.0 Å². The Morgan fingerprint density at radius 1 is 1.04 bits per heavy atom. The van der Waals surface area contributed by atoms with Crippen LogP contribution >= 0.6 is 35.0 Å². The van der Waals surface area contributed by atoms with E-state index >= 15 is 0 Å². The number of nitrogens with two attached hydrogens (primary N) is 1. The number of ether oxygens (including phenoxy) is 1. The Morgan fingerprint density at radius 2 is 1.78 bits per heavy atom. The Kier molecular flexibility index (Phi) is 10.1. The second kappa shape index (κ2) is 14.1. The fourth-order valence-corrected chi connectivity index (χ4v) is 5.69. The molecule has 0 spiro atoms. The quantitative estimate of drug-likeness (QED) is 0.122. The van der Waals surface area contributed by atoms with E-state index in [4.69, 9.17) is 37.5 Å². The number of amides is 2. The fourth-order valence-electron chi connectivity index (χ4n) is 3.95. The van der Waals surface area contributed by atoms with Gasteiger partial charge < -0.3 is 14.5 Å². The Hall–Kier alpha value is -4.40. The molecule has 1 fully saturated rings. The summed E-state index contributed by atoms with van der Waals surface area (Å²) in [5.74, 6) is -0.000288. The minimum atomic E-state index is -3.86. The predicted molar refractivity (Wildman–Crippen MR) is 175 cm³/mol. The topological polar surface area (TPSA) is 157 Å². The van der Waals surface area contributed by atoms with Crippen LogP contribution in [-0.4, -0.2) is 43.1 Å². The molecule has 2 amide bonds. The molecule has 0 radical (unpaired) electrons. The monoisotopic (exact) mass is 683 g/mol. The zero-order chi connectivity index (χ0) is 32.0. The van der Waals surface area contributed by atoms with Crippen molar-refractivity contribution in [3.8, 4) is 5.75 Å². The first-order valence-electron chi connectivity index (χ1n) is 13.0. The van der Waals surface area contributed by atoms with Gasteiger partial charge in [0.25, 0.3) is 11.8 Å². The summed E-state index contributed by atoms with van der Waals surface area (Å²) >= 11 is 13.3. The van der Waals surface area contributed by atoms with Crippen LogP contribution in [0, 0.1) is 0 Å². The normalized spacial score (nSPS) is 15.4. The Labute approximate surface area is 272 Å². The van der Waals surface area contributed by atoms with Gasteiger partial charge in [-0.05, 0) is 90.1 Å². The van der Waals surface area contributed by atoms with Crippen LogP contribution < -0.4 is 15.2 Å². The van der Waals surface area contributed by atoms with Crippen molar-refractivity contribution in [2.45, 2.75) is 11.4 Å². The summed E-state index contributed by atoms with van der Waals surface area (Å²) in [6.07, 6.45) is 4.66. The van der Waals surface area contributed by atoms with E-state index in [1.165, 1.54) is 35.4 Å². The number of hydrogen-bond acceptors (Lipinski definition) is 9. The first kappa shape index (κ1) is 32.0. The van der Waals surface area contributed by atoms with Gasteiger partial charge in [0.15, 0.2) is 11.8 Å². The maximum atomic E-state index is 13.5. The van der Waals surface area contributed by atoms with E-state index < -0.39 is 15.9 Å². The van der Waals surface area contributed by atoms with Crippen molar-refractivity contribution in [1.82, 2.24) is 4.90 Å². The lowest BCUT2D eigenvalue weighted by atomic mass is 10.2. The van der Waals surface area contributed by atoms with Gasteiger partial charge in [-0.25, -0.2) is 13.6 Å². The summed E-state index contributed by atoms with van der Waals surface area (Å²) in [7, 11) is -3.86. The zero-order valence-corrected chi connectivity index (χ0v) is 26.2. The van der Waals surface area contributed by atoms with Crippen LogP contribution in [-0.2, 0) is 26.2 Å². The summed E-state index contributed by atoms with van der Waals surface area (Å²) < 4.78 is 34.1. The lowest BCUT2D eigenvalue weighted by Gasteiger charge is -2.13. The Morgan fingerprint density at radius 3 is 2.47 bits per heavy atom. The number of rotatable bonds is 10. The molecule has 1 aromatic heterocycles. The molecule has 15 heteroatoms. The van der Waals surface area contributed by atoms with E-state index in [1.54, 1.807) is 66.9 Å². The molecule has 3 N–H and O–H groups in total. The lowest BCUT2D eigenvalue weighted by molar-refractivity contribution is -0.122. The minimum absolute atomic E-state index is 0.0841. The highest BCUT2D eigenvalue weighted by Crippen LogP contribution is 2.36. The van der Waals surface area contributed by atoms with E-state index in [2.05, 4.69) is 15.5 Å². The molecular formula is C30H23Cl2N5O6S2. The molecule has 0 saturated carbocycles. The maximum absolute atomic E-state index is 13.5. The van der Waals surface area contributed by atoms with Gasteiger partial charge in [0.05, 0.1) is 28.8 Å². The number of hydrogen-bond donors (Lipinski definition) is 2. The van der Waals surface area contributed by atoms with Gasteiger partial charge in [-0.1, -0.05) is 35.3 Å². The van der Waals surface area contributed by atoms with Gasteiger partial charge in [0, 0.05) is 21.3 Å². The molecule has 0 aliphatic carbocycles. The van der Waals surface area contributed by atoms with Crippen molar-refractivity contribution < 1.29 is 27.2 Å². The Bertz CT molecular complexity index is 1910. The molecule has 1 saturated heterocycles. The average Bonchev–Trinajstić information content (AvgIpc) is 3.62. The molecule has 45 heavy (non-hydrogen) atoms. The van der Waals surface area contributed by atoms with E-state index in [0.717, 1.165) is 17.3 Å².